The fourth-order valence-electron chi connectivity index (χ4n) is 4.06. The fourth-order valence-corrected chi connectivity index (χ4v) is 4.06. The molecule has 1 aliphatic heterocycles. The van der Waals surface area contributed by atoms with E-state index in [0.29, 0.717) is 59.9 Å². The molecule has 10 heteroatoms. The number of H-pyrrole nitrogens is 1. The van der Waals surface area contributed by atoms with Crippen molar-refractivity contribution >= 4 is 5.91 Å². The van der Waals surface area contributed by atoms with E-state index in [1.807, 2.05) is 30.3 Å². The molecule has 35 heavy (non-hydrogen) atoms. The molecule has 5 rings (SSSR count). The Bertz CT molecular complexity index is 1300. The summed E-state index contributed by atoms with van der Waals surface area (Å²) in [5.41, 5.74) is 2.83. The molecule has 0 saturated carbocycles. The van der Waals surface area contributed by atoms with Gasteiger partial charge in [0.25, 0.3) is 5.91 Å². The summed E-state index contributed by atoms with van der Waals surface area (Å²) in [6.07, 6.45) is 0.609. The van der Waals surface area contributed by atoms with Crippen LogP contribution in [-0.4, -0.2) is 65.6 Å². The highest BCUT2D eigenvalue weighted by Crippen LogP contribution is 2.41. The standard InChI is InChI=1S/C25H25N5O5/c1-32-20-10-16(11-21(33-2)23(20)34-3)18-12-19(28-27-18)25(31)30-13-17(14-30)24-26-22(29-35-24)9-15-7-5-4-6-8-15/h4-8,10-12,17H,9,13-14H2,1-3H3,(H,27,28). The van der Waals surface area contributed by atoms with Crippen LogP contribution < -0.4 is 14.2 Å². The molecule has 1 saturated heterocycles. The van der Waals surface area contributed by atoms with Crippen molar-refractivity contribution in [2.75, 3.05) is 34.4 Å². The Morgan fingerprint density at radius 2 is 1.77 bits per heavy atom. The zero-order valence-corrected chi connectivity index (χ0v) is 19.6. The number of carbonyl (C=O) groups is 1. The molecule has 2 aromatic carbocycles. The van der Waals surface area contributed by atoms with Crippen molar-refractivity contribution in [2.24, 2.45) is 0 Å². The van der Waals surface area contributed by atoms with Crippen LogP contribution in [0.4, 0.5) is 0 Å². The predicted molar refractivity (Wildman–Crippen MR) is 126 cm³/mol. The normalized spacial score (nSPS) is 13.4. The zero-order valence-electron chi connectivity index (χ0n) is 19.6. The first kappa shape index (κ1) is 22.5. The Balaban J connectivity index is 1.24. The lowest BCUT2D eigenvalue weighted by Gasteiger charge is -2.36. The number of hydrogen-bond acceptors (Lipinski definition) is 8. The number of benzene rings is 2. The lowest BCUT2D eigenvalue weighted by Crippen LogP contribution is -2.48. The third-order valence-corrected chi connectivity index (χ3v) is 5.98. The number of amides is 1. The summed E-state index contributed by atoms with van der Waals surface area (Å²) in [5.74, 6) is 2.58. The van der Waals surface area contributed by atoms with Crippen molar-refractivity contribution in [2.45, 2.75) is 12.3 Å². The third kappa shape index (κ3) is 4.42. The van der Waals surface area contributed by atoms with Gasteiger partial charge < -0.3 is 23.6 Å². The van der Waals surface area contributed by atoms with Gasteiger partial charge in [-0.05, 0) is 23.8 Å². The summed E-state index contributed by atoms with van der Waals surface area (Å²) < 4.78 is 21.6. The topological polar surface area (TPSA) is 116 Å². The Morgan fingerprint density at radius 1 is 1.06 bits per heavy atom. The van der Waals surface area contributed by atoms with Gasteiger partial charge in [-0.25, -0.2) is 0 Å². The van der Waals surface area contributed by atoms with Gasteiger partial charge in [0.1, 0.15) is 5.69 Å². The van der Waals surface area contributed by atoms with Gasteiger partial charge in [-0.2, -0.15) is 10.1 Å². The third-order valence-electron chi connectivity index (χ3n) is 5.98. The van der Waals surface area contributed by atoms with Crippen molar-refractivity contribution < 1.29 is 23.5 Å². The second kappa shape index (κ2) is 9.49. The molecule has 0 aliphatic carbocycles. The number of hydrogen-bond donors (Lipinski definition) is 1. The number of carbonyl (C=O) groups excluding carboxylic acids is 1. The van der Waals surface area contributed by atoms with E-state index in [1.165, 1.54) is 0 Å². The molecule has 2 aromatic heterocycles. The maximum absolute atomic E-state index is 13.0. The molecule has 3 heterocycles. The molecule has 0 unspecified atom stereocenters. The predicted octanol–water partition coefficient (Wildman–Crippen LogP) is 3.32. The van der Waals surface area contributed by atoms with Gasteiger partial charge in [-0.15, -0.1) is 0 Å². The molecule has 1 amide bonds. The van der Waals surface area contributed by atoms with Crippen molar-refractivity contribution in [3.05, 3.63) is 71.5 Å². The number of aromatic amines is 1. The highest BCUT2D eigenvalue weighted by molar-refractivity contribution is 5.94. The van der Waals surface area contributed by atoms with Crippen molar-refractivity contribution in [3.63, 3.8) is 0 Å². The Morgan fingerprint density at radius 3 is 2.43 bits per heavy atom. The molecule has 0 bridgehead atoms. The maximum atomic E-state index is 13.0. The van der Waals surface area contributed by atoms with Crippen molar-refractivity contribution in [1.82, 2.24) is 25.2 Å². The number of rotatable bonds is 8. The van der Waals surface area contributed by atoms with Gasteiger partial charge in [0.2, 0.25) is 11.6 Å². The van der Waals surface area contributed by atoms with Gasteiger partial charge in [-0.1, -0.05) is 35.5 Å². The number of methoxy groups -OCH3 is 3. The van der Waals surface area contributed by atoms with E-state index in [1.54, 1.807) is 44.4 Å². The van der Waals surface area contributed by atoms with Crippen LogP contribution in [0.25, 0.3) is 11.3 Å². The molecule has 0 radical (unpaired) electrons. The molecule has 1 fully saturated rings. The number of nitrogens with one attached hydrogen (secondary N) is 1. The van der Waals surface area contributed by atoms with E-state index in [2.05, 4.69) is 20.3 Å². The lowest BCUT2D eigenvalue weighted by atomic mass is 9.99. The summed E-state index contributed by atoms with van der Waals surface area (Å²) in [6.45, 7) is 1.01. The van der Waals surface area contributed by atoms with Gasteiger partial charge in [0.15, 0.2) is 17.3 Å². The van der Waals surface area contributed by atoms with Gasteiger partial charge in [0, 0.05) is 25.1 Å². The van der Waals surface area contributed by atoms with Crippen LogP contribution in [0.5, 0.6) is 17.2 Å². The van der Waals surface area contributed by atoms with Crippen LogP contribution >= 0.6 is 0 Å². The van der Waals surface area contributed by atoms with Crippen LogP contribution in [0.3, 0.4) is 0 Å². The molecular weight excluding hydrogens is 450 g/mol. The Hall–Kier alpha value is -4.34. The first-order chi connectivity index (χ1) is 17.1. The maximum Gasteiger partial charge on any atom is 0.271 e. The SMILES string of the molecule is COc1cc(-c2cc(C(=O)N3CC(c4nc(Cc5ccccc5)no4)C3)[nH]n2)cc(OC)c1OC. The van der Waals surface area contributed by atoms with Crippen LogP contribution in [-0.2, 0) is 6.42 Å². The Labute approximate surface area is 201 Å². The largest absolute Gasteiger partial charge is 0.493 e. The number of nitrogens with zero attached hydrogens (tertiary/aromatic N) is 4. The summed E-state index contributed by atoms with van der Waals surface area (Å²) in [4.78, 5) is 19.2. The average molecular weight is 476 g/mol. The molecular formula is C25H25N5O5. The van der Waals surface area contributed by atoms with E-state index in [-0.39, 0.29) is 11.8 Å². The molecule has 10 nitrogen and oxygen atoms in total. The monoisotopic (exact) mass is 475 g/mol. The number of likely N-dealkylation sites (tertiary alicyclic amines) is 1. The second-order valence-corrected chi connectivity index (χ2v) is 8.20. The lowest BCUT2D eigenvalue weighted by molar-refractivity contribution is 0.0563. The highest BCUT2D eigenvalue weighted by Gasteiger charge is 2.36. The van der Waals surface area contributed by atoms with Crippen LogP contribution in [0.15, 0.2) is 53.1 Å². The van der Waals surface area contributed by atoms with E-state index in [4.69, 9.17) is 18.7 Å². The molecule has 1 N–H and O–H groups in total. The average Bonchev–Trinajstić information content (AvgIpc) is 3.53. The zero-order chi connectivity index (χ0) is 24.4. The first-order valence-electron chi connectivity index (χ1n) is 11.1. The quantitative estimate of drug-likeness (QED) is 0.413. The minimum Gasteiger partial charge on any atom is -0.493 e. The second-order valence-electron chi connectivity index (χ2n) is 8.20. The smallest absolute Gasteiger partial charge is 0.271 e. The molecule has 180 valence electrons. The Kier molecular flexibility index (Phi) is 6.09. The molecule has 1 aliphatic rings. The van der Waals surface area contributed by atoms with Gasteiger partial charge in [-0.3, -0.25) is 9.89 Å². The molecule has 0 atom stereocenters. The van der Waals surface area contributed by atoms with Gasteiger partial charge >= 0.3 is 0 Å². The minimum atomic E-state index is -0.142. The van der Waals surface area contributed by atoms with Crippen molar-refractivity contribution in [1.29, 1.82) is 0 Å². The summed E-state index contributed by atoms with van der Waals surface area (Å²) in [7, 11) is 4.65. The fraction of sp³-hybridized carbons (Fsp3) is 0.280. The summed E-state index contributed by atoms with van der Waals surface area (Å²) in [6, 6.07) is 15.3. The number of aromatic nitrogens is 4. The van der Waals surface area contributed by atoms with E-state index in [9.17, 15) is 4.79 Å². The van der Waals surface area contributed by atoms with Crippen molar-refractivity contribution in [3.8, 4) is 28.5 Å². The van der Waals surface area contributed by atoms with Crippen LogP contribution in [0.1, 0.15) is 33.7 Å². The molecule has 4 aromatic rings. The van der Waals surface area contributed by atoms with Crippen LogP contribution in [0, 0.1) is 0 Å². The van der Waals surface area contributed by atoms with E-state index >= 15 is 0 Å². The van der Waals surface area contributed by atoms with E-state index in [0.717, 1.165) is 11.1 Å². The first-order valence-corrected chi connectivity index (χ1v) is 11.1. The molecule has 0 spiro atoms. The van der Waals surface area contributed by atoms with E-state index < -0.39 is 0 Å². The summed E-state index contributed by atoms with van der Waals surface area (Å²) >= 11 is 0. The van der Waals surface area contributed by atoms with Crippen LogP contribution in [0.2, 0.25) is 0 Å². The minimum absolute atomic E-state index is 0.0217. The number of ether oxygens (including phenoxy) is 3. The van der Waals surface area contributed by atoms with Gasteiger partial charge in [0.05, 0.1) is 32.9 Å². The summed E-state index contributed by atoms with van der Waals surface area (Å²) in [5, 5.41) is 11.2. The highest BCUT2D eigenvalue weighted by atomic mass is 16.5.